The lowest BCUT2D eigenvalue weighted by Gasteiger charge is -2.23. The summed E-state index contributed by atoms with van der Waals surface area (Å²) in [6.07, 6.45) is 5.92. The Balaban J connectivity index is 2.12. The molecule has 2 rings (SSSR count). The van der Waals surface area contributed by atoms with E-state index in [2.05, 4.69) is 0 Å². The van der Waals surface area contributed by atoms with Crippen LogP contribution in [0.15, 0.2) is 24.3 Å². The second-order valence-electron chi connectivity index (χ2n) is 4.58. The summed E-state index contributed by atoms with van der Waals surface area (Å²) in [4.78, 5) is 0. The first-order valence-electron chi connectivity index (χ1n) is 5.87. The molecular formula is C12H15BF3-. The fourth-order valence-electron chi connectivity index (χ4n) is 2.42. The first-order chi connectivity index (χ1) is 7.57. The molecule has 1 aliphatic carbocycles. The van der Waals surface area contributed by atoms with E-state index >= 15 is 0 Å². The molecule has 1 aromatic carbocycles. The van der Waals surface area contributed by atoms with Crippen LogP contribution in [0.5, 0.6) is 0 Å². The largest absolute Gasteiger partial charge is 0.509 e. The highest BCUT2D eigenvalue weighted by Crippen LogP contribution is 2.32. The second-order valence-corrected chi connectivity index (χ2v) is 4.58. The van der Waals surface area contributed by atoms with Gasteiger partial charge in [0.15, 0.2) is 0 Å². The SMILES string of the molecule is F[B-](F)(F)c1ccc(C2CCCCC2)cc1. The normalized spacial score (nSPS) is 18.7. The lowest BCUT2D eigenvalue weighted by Crippen LogP contribution is -2.33. The molecule has 0 unspecified atom stereocenters. The van der Waals surface area contributed by atoms with Gasteiger partial charge in [0.2, 0.25) is 0 Å². The zero-order chi connectivity index (χ0) is 11.6. The van der Waals surface area contributed by atoms with Gasteiger partial charge >= 0.3 is 6.98 Å². The van der Waals surface area contributed by atoms with Crippen molar-refractivity contribution in [2.24, 2.45) is 0 Å². The van der Waals surface area contributed by atoms with E-state index in [4.69, 9.17) is 0 Å². The van der Waals surface area contributed by atoms with Crippen LogP contribution in [-0.4, -0.2) is 6.98 Å². The summed E-state index contributed by atoms with van der Waals surface area (Å²) < 4.78 is 37.3. The van der Waals surface area contributed by atoms with Gasteiger partial charge in [0.05, 0.1) is 0 Å². The molecule has 0 N–H and O–H groups in total. The van der Waals surface area contributed by atoms with Crippen LogP contribution in [0.25, 0.3) is 0 Å². The average Bonchev–Trinajstić information content (AvgIpc) is 2.29. The molecule has 0 nitrogen and oxygen atoms in total. The Morgan fingerprint density at radius 1 is 0.875 bits per heavy atom. The van der Waals surface area contributed by atoms with Crippen molar-refractivity contribution in [2.75, 3.05) is 0 Å². The van der Waals surface area contributed by atoms with Crippen molar-refractivity contribution >= 4 is 12.4 Å². The second kappa shape index (κ2) is 4.52. The van der Waals surface area contributed by atoms with E-state index in [0.717, 1.165) is 18.4 Å². The van der Waals surface area contributed by atoms with Crippen molar-refractivity contribution in [1.29, 1.82) is 0 Å². The van der Waals surface area contributed by atoms with Crippen LogP contribution >= 0.6 is 0 Å². The van der Waals surface area contributed by atoms with Gasteiger partial charge in [-0.15, -0.1) is 5.46 Å². The molecule has 16 heavy (non-hydrogen) atoms. The Morgan fingerprint density at radius 2 is 1.44 bits per heavy atom. The van der Waals surface area contributed by atoms with Gasteiger partial charge in [-0.2, -0.15) is 0 Å². The highest BCUT2D eigenvalue weighted by Gasteiger charge is 2.25. The molecule has 0 atom stereocenters. The van der Waals surface area contributed by atoms with Crippen molar-refractivity contribution in [3.63, 3.8) is 0 Å². The summed E-state index contributed by atoms with van der Waals surface area (Å²) in [6, 6.07) is 5.76. The minimum atomic E-state index is -4.84. The number of halogens is 3. The molecular weight excluding hydrogens is 212 g/mol. The third-order valence-corrected chi connectivity index (χ3v) is 3.39. The smallest absolute Gasteiger partial charge is 0.445 e. The molecule has 0 spiro atoms. The van der Waals surface area contributed by atoms with Gasteiger partial charge in [-0.05, 0) is 24.3 Å². The van der Waals surface area contributed by atoms with E-state index in [-0.39, 0.29) is 0 Å². The molecule has 0 radical (unpaired) electrons. The first kappa shape index (κ1) is 11.6. The fourth-order valence-corrected chi connectivity index (χ4v) is 2.42. The summed E-state index contributed by atoms with van der Waals surface area (Å²) in [5, 5.41) is 0. The average molecular weight is 227 g/mol. The number of benzene rings is 1. The van der Waals surface area contributed by atoms with Crippen molar-refractivity contribution in [3.8, 4) is 0 Å². The molecule has 1 aromatic rings. The minimum absolute atomic E-state index is 0.475. The molecule has 4 heteroatoms. The third-order valence-electron chi connectivity index (χ3n) is 3.39. The number of rotatable bonds is 2. The van der Waals surface area contributed by atoms with Gasteiger partial charge in [0, 0.05) is 0 Å². The van der Waals surface area contributed by atoms with E-state index in [1.54, 1.807) is 12.1 Å². The zero-order valence-electron chi connectivity index (χ0n) is 9.13. The monoisotopic (exact) mass is 227 g/mol. The van der Waals surface area contributed by atoms with E-state index < -0.39 is 12.4 Å². The molecule has 1 fully saturated rings. The van der Waals surface area contributed by atoms with Gasteiger partial charge < -0.3 is 12.9 Å². The molecule has 0 heterocycles. The molecule has 0 amide bonds. The maximum atomic E-state index is 12.4. The van der Waals surface area contributed by atoms with Crippen LogP contribution in [0.2, 0.25) is 0 Å². The molecule has 0 saturated heterocycles. The van der Waals surface area contributed by atoms with Crippen molar-refractivity contribution < 1.29 is 12.9 Å². The first-order valence-corrected chi connectivity index (χ1v) is 5.87. The van der Waals surface area contributed by atoms with Gasteiger partial charge in [-0.25, -0.2) is 0 Å². The van der Waals surface area contributed by atoms with Gasteiger partial charge in [0.1, 0.15) is 0 Å². The third kappa shape index (κ3) is 2.60. The van der Waals surface area contributed by atoms with Crippen LogP contribution in [0.1, 0.15) is 43.6 Å². The minimum Gasteiger partial charge on any atom is -0.445 e. The van der Waals surface area contributed by atoms with Crippen molar-refractivity contribution in [1.82, 2.24) is 0 Å². The standard InChI is InChI=1S/C12H15BF3/c14-13(15,16)12-8-6-11(7-9-12)10-4-2-1-3-5-10/h6-10H,1-5H2/q-1. The molecule has 0 aromatic heterocycles. The quantitative estimate of drug-likeness (QED) is 0.674. The summed E-state index contributed by atoms with van der Waals surface area (Å²) in [6.45, 7) is -4.84. The highest BCUT2D eigenvalue weighted by molar-refractivity contribution is 6.73. The van der Waals surface area contributed by atoms with Gasteiger partial charge in [-0.1, -0.05) is 43.5 Å². The maximum absolute atomic E-state index is 12.4. The Labute approximate surface area is 93.9 Å². The summed E-state index contributed by atoms with van der Waals surface area (Å²) >= 11 is 0. The summed E-state index contributed by atoms with van der Waals surface area (Å²) in [5.74, 6) is 0.475. The molecule has 1 saturated carbocycles. The van der Waals surface area contributed by atoms with Crippen LogP contribution < -0.4 is 5.46 Å². The summed E-state index contributed by atoms with van der Waals surface area (Å²) in [5.41, 5.74) is 0.586. The topological polar surface area (TPSA) is 0 Å². The molecule has 88 valence electrons. The number of hydrogen-bond donors (Lipinski definition) is 0. The Morgan fingerprint density at radius 3 is 1.94 bits per heavy atom. The highest BCUT2D eigenvalue weighted by atomic mass is 19.4. The summed E-state index contributed by atoms with van der Waals surface area (Å²) in [7, 11) is 0. The van der Waals surface area contributed by atoms with E-state index in [9.17, 15) is 12.9 Å². The van der Waals surface area contributed by atoms with E-state index in [0.29, 0.717) is 5.92 Å². The van der Waals surface area contributed by atoms with Crippen molar-refractivity contribution in [2.45, 2.75) is 38.0 Å². The Bertz CT molecular complexity index is 336. The zero-order valence-corrected chi connectivity index (χ0v) is 9.13. The predicted octanol–water partition coefficient (Wildman–Crippen LogP) is 3.79. The molecule has 1 aliphatic rings. The van der Waals surface area contributed by atoms with Crippen molar-refractivity contribution in [3.05, 3.63) is 29.8 Å². The maximum Gasteiger partial charge on any atom is 0.509 e. The van der Waals surface area contributed by atoms with Crippen LogP contribution in [0.4, 0.5) is 12.9 Å². The van der Waals surface area contributed by atoms with E-state index in [1.165, 1.54) is 31.4 Å². The molecule has 0 bridgehead atoms. The Kier molecular flexibility index (Phi) is 3.26. The lowest BCUT2D eigenvalue weighted by molar-refractivity contribution is 0.443. The molecule has 0 aliphatic heterocycles. The van der Waals surface area contributed by atoms with Crippen LogP contribution in [0, 0.1) is 0 Å². The van der Waals surface area contributed by atoms with Crippen LogP contribution in [-0.2, 0) is 0 Å². The predicted molar refractivity (Wildman–Crippen MR) is 61.0 cm³/mol. The Hall–Kier alpha value is -0.925. The van der Waals surface area contributed by atoms with E-state index in [1.807, 2.05) is 0 Å². The van der Waals surface area contributed by atoms with Gasteiger partial charge in [-0.3, -0.25) is 0 Å². The number of hydrogen-bond acceptors (Lipinski definition) is 0. The fraction of sp³-hybridized carbons (Fsp3) is 0.500. The lowest BCUT2D eigenvalue weighted by atomic mass is 9.78. The van der Waals surface area contributed by atoms with Crippen LogP contribution in [0.3, 0.4) is 0 Å². The van der Waals surface area contributed by atoms with Gasteiger partial charge in [0.25, 0.3) is 0 Å².